The Morgan fingerprint density at radius 3 is 2.60 bits per heavy atom. The fraction of sp³-hybridized carbons (Fsp3) is 0.562. The number of amides is 1. The van der Waals surface area contributed by atoms with Crippen LogP contribution in [0.4, 0.5) is 0 Å². The number of carbonyl (C=O) groups is 1. The molecule has 1 atom stereocenters. The van der Waals surface area contributed by atoms with E-state index in [-0.39, 0.29) is 23.2 Å². The van der Waals surface area contributed by atoms with Crippen molar-refractivity contribution in [2.45, 2.75) is 50.1 Å². The molecule has 3 rings (SSSR count). The SMILES string of the molecule is NC1(CC(=O)N2CCC[C@H]2c2ccc(O)cc2)CCC1. The molecule has 1 saturated carbocycles. The maximum absolute atomic E-state index is 12.5. The summed E-state index contributed by atoms with van der Waals surface area (Å²) in [7, 11) is 0. The lowest BCUT2D eigenvalue weighted by molar-refractivity contribution is -0.134. The van der Waals surface area contributed by atoms with E-state index in [2.05, 4.69) is 0 Å². The third-order valence-corrected chi connectivity index (χ3v) is 4.70. The van der Waals surface area contributed by atoms with Crippen molar-refractivity contribution < 1.29 is 9.90 Å². The summed E-state index contributed by atoms with van der Waals surface area (Å²) in [4.78, 5) is 14.5. The largest absolute Gasteiger partial charge is 0.508 e. The van der Waals surface area contributed by atoms with E-state index < -0.39 is 0 Å². The van der Waals surface area contributed by atoms with Crippen molar-refractivity contribution in [2.24, 2.45) is 5.73 Å². The van der Waals surface area contributed by atoms with Gasteiger partial charge in [-0.2, -0.15) is 0 Å². The van der Waals surface area contributed by atoms with Crippen LogP contribution in [0.25, 0.3) is 0 Å². The number of rotatable bonds is 3. The molecule has 1 aliphatic carbocycles. The van der Waals surface area contributed by atoms with Crippen LogP contribution in [0.1, 0.15) is 50.1 Å². The van der Waals surface area contributed by atoms with Crippen LogP contribution in [0.15, 0.2) is 24.3 Å². The highest BCUT2D eigenvalue weighted by atomic mass is 16.3. The van der Waals surface area contributed by atoms with E-state index in [1.807, 2.05) is 17.0 Å². The van der Waals surface area contributed by atoms with Crippen molar-refractivity contribution in [1.29, 1.82) is 0 Å². The van der Waals surface area contributed by atoms with Gasteiger partial charge in [0.25, 0.3) is 0 Å². The Bertz CT molecular complexity index is 494. The summed E-state index contributed by atoms with van der Waals surface area (Å²) < 4.78 is 0. The van der Waals surface area contributed by atoms with Crippen LogP contribution in [-0.2, 0) is 4.79 Å². The van der Waals surface area contributed by atoms with Gasteiger partial charge >= 0.3 is 0 Å². The van der Waals surface area contributed by atoms with Gasteiger partial charge in [0, 0.05) is 18.5 Å². The van der Waals surface area contributed by atoms with Gasteiger partial charge in [0.2, 0.25) is 5.91 Å². The number of phenols is 1. The number of nitrogens with zero attached hydrogens (tertiary/aromatic N) is 1. The molecular weight excluding hydrogens is 252 g/mol. The van der Waals surface area contributed by atoms with Crippen molar-refractivity contribution in [2.75, 3.05) is 6.54 Å². The van der Waals surface area contributed by atoms with Crippen LogP contribution >= 0.6 is 0 Å². The number of likely N-dealkylation sites (tertiary alicyclic amines) is 1. The molecule has 1 aliphatic heterocycles. The fourth-order valence-electron chi connectivity index (χ4n) is 3.32. The quantitative estimate of drug-likeness (QED) is 0.889. The van der Waals surface area contributed by atoms with Crippen LogP contribution in [0.3, 0.4) is 0 Å². The minimum atomic E-state index is -0.251. The third kappa shape index (κ3) is 2.52. The predicted octanol–water partition coefficient (Wildman–Crippen LogP) is 2.33. The van der Waals surface area contributed by atoms with E-state index in [0.29, 0.717) is 6.42 Å². The molecule has 3 N–H and O–H groups in total. The number of phenolic OH excluding ortho intramolecular Hbond substituents is 1. The first kappa shape index (κ1) is 13.4. The average molecular weight is 274 g/mol. The maximum atomic E-state index is 12.5. The maximum Gasteiger partial charge on any atom is 0.224 e. The van der Waals surface area contributed by atoms with E-state index >= 15 is 0 Å². The lowest BCUT2D eigenvalue weighted by Crippen LogP contribution is -2.50. The Kier molecular flexibility index (Phi) is 3.42. The van der Waals surface area contributed by atoms with Crippen LogP contribution in [0.2, 0.25) is 0 Å². The zero-order chi connectivity index (χ0) is 14.2. The average Bonchev–Trinajstić information content (AvgIpc) is 2.87. The Balaban J connectivity index is 1.71. The van der Waals surface area contributed by atoms with Gasteiger partial charge in [0.1, 0.15) is 5.75 Å². The number of carbonyl (C=O) groups excluding carboxylic acids is 1. The topological polar surface area (TPSA) is 66.6 Å². The number of nitrogens with two attached hydrogens (primary N) is 1. The first-order valence-electron chi connectivity index (χ1n) is 7.45. The number of hydrogen-bond acceptors (Lipinski definition) is 3. The molecule has 0 aromatic heterocycles. The van der Waals surface area contributed by atoms with Crippen LogP contribution < -0.4 is 5.73 Å². The molecule has 1 aromatic carbocycles. The fourth-order valence-corrected chi connectivity index (χ4v) is 3.32. The van der Waals surface area contributed by atoms with Crippen molar-refractivity contribution >= 4 is 5.91 Å². The van der Waals surface area contributed by atoms with Gasteiger partial charge in [0.15, 0.2) is 0 Å². The molecular formula is C16H22N2O2. The predicted molar refractivity (Wildman–Crippen MR) is 77.2 cm³/mol. The molecule has 4 nitrogen and oxygen atoms in total. The zero-order valence-corrected chi connectivity index (χ0v) is 11.7. The monoisotopic (exact) mass is 274 g/mol. The lowest BCUT2D eigenvalue weighted by atomic mass is 9.75. The second-order valence-corrected chi connectivity index (χ2v) is 6.23. The van der Waals surface area contributed by atoms with Crippen LogP contribution in [-0.4, -0.2) is 28.0 Å². The Labute approximate surface area is 119 Å². The standard InChI is InChI=1S/C16H22N2O2/c17-16(8-2-9-16)11-15(20)18-10-1-3-14(18)12-4-6-13(19)7-5-12/h4-7,14,19H,1-3,8-11,17H2/t14-/m0/s1. The molecule has 1 aromatic rings. The van der Waals surface area contributed by atoms with E-state index in [0.717, 1.165) is 44.2 Å². The molecule has 0 bridgehead atoms. The Morgan fingerprint density at radius 2 is 2.00 bits per heavy atom. The Morgan fingerprint density at radius 1 is 1.30 bits per heavy atom. The van der Waals surface area contributed by atoms with Crippen LogP contribution in [0.5, 0.6) is 5.75 Å². The summed E-state index contributed by atoms with van der Waals surface area (Å²) >= 11 is 0. The van der Waals surface area contributed by atoms with Crippen molar-refractivity contribution in [3.63, 3.8) is 0 Å². The van der Waals surface area contributed by atoms with E-state index in [9.17, 15) is 9.90 Å². The summed E-state index contributed by atoms with van der Waals surface area (Å²) in [5, 5.41) is 9.37. The smallest absolute Gasteiger partial charge is 0.224 e. The van der Waals surface area contributed by atoms with Gasteiger partial charge in [-0.05, 0) is 49.8 Å². The third-order valence-electron chi connectivity index (χ3n) is 4.70. The molecule has 2 fully saturated rings. The number of aromatic hydroxyl groups is 1. The van der Waals surface area contributed by atoms with Gasteiger partial charge in [-0.3, -0.25) is 4.79 Å². The molecule has 2 aliphatic rings. The normalized spacial score (nSPS) is 24.4. The summed E-state index contributed by atoms with van der Waals surface area (Å²) in [5.74, 6) is 0.447. The molecule has 4 heteroatoms. The van der Waals surface area contributed by atoms with Crippen molar-refractivity contribution in [3.8, 4) is 5.75 Å². The molecule has 0 spiro atoms. The molecule has 108 valence electrons. The van der Waals surface area contributed by atoms with Crippen molar-refractivity contribution in [3.05, 3.63) is 29.8 Å². The van der Waals surface area contributed by atoms with Gasteiger partial charge < -0.3 is 15.7 Å². The van der Waals surface area contributed by atoms with Crippen LogP contribution in [0, 0.1) is 0 Å². The molecule has 0 unspecified atom stereocenters. The van der Waals surface area contributed by atoms with Crippen molar-refractivity contribution in [1.82, 2.24) is 4.90 Å². The van der Waals surface area contributed by atoms with E-state index in [1.54, 1.807) is 12.1 Å². The highest BCUT2D eigenvalue weighted by Crippen LogP contribution is 2.37. The van der Waals surface area contributed by atoms with Gasteiger partial charge in [-0.1, -0.05) is 12.1 Å². The second-order valence-electron chi connectivity index (χ2n) is 6.23. The minimum absolute atomic E-state index is 0.145. The minimum Gasteiger partial charge on any atom is -0.508 e. The zero-order valence-electron chi connectivity index (χ0n) is 11.7. The molecule has 20 heavy (non-hydrogen) atoms. The van der Waals surface area contributed by atoms with Gasteiger partial charge in [-0.25, -0.2) is 0 Å². The highest BCUT2D eigenvalue weighted by molar-refractivity contribution is 5.78. The highest BCUT2D eigenvalue weighted by Gasteiger charge is 2.38. The molecule has 1 saturated heterocycles. The first-order valence-corrected chi connectivity index (χ1v) is 7.45. The van der Waals surface area contributed by atoms with Gasteiger partial charge in [0.05, 0.1) is 6.04 Å². The second kappa shape index (κ2) is 5.09. The number of benzene rings is 1. The summed E-state index contributed by atoms with van der Waals surface area (Å²) in [6.45, 7) is 0.820. The van der Waals surface area contributed by atoms with E-state index in [4.69, 9.17) is 5.73 Å². The lowest BCUT2D eigenvalue weighted by Gasteiger charge is -2.39. The molecule has 0 radical (unpaired) electrons. The molecule has 1 heterocycles. The Hall–Kier alpha value is -1.55. The first-order chi connectivity index (χ1) is 9.57. The van der Waals surface area contributed by atoms with Gasteiger partial charge in [-0.15, -0.1) is 0 Å². The summed E-state index contributed by atoms with van der Waals surface area (Å²) in [5.41, 5.74) is 7.05. The summed E-state index contributed by atoms with van der Waals surface area (Å²) in [6.07, 6.45) is 5.59. The summed E-state index contributed by atoms with van der Waals surface area (Å²) in [6, 6.07) is 7.34. The number of hydrogen-bond donors (Lipinski definition) is 2. The van der Waals surface area contributed by atoms with E-state index in [1.165, 1.54) is 0 Å². The molecule has 1 amide bonds.